The molecule has 0 atom stereocenters. The van der Waals surface area contributed by atoms with Crippen molar-refractivity contribution in [2.75, 3.05) is 0 Å². The number of aromatic nitrogens is 2. The lowest BCUT2D eigenvalue weighted by Gasteiger charge is -2.27. The van der Waals surface area contributed by atoms with Crippen LogP contribution in [0, 0.1) is 11.9 Å². The fourth-order valence-corrected chi connectivity index (χ4v) is 5.02. The fraction of sp³-hybridized carbons (Fsp3) is 0.643. The number of rotatable bonds is 12. The molecular formula is C28H41FN2. The van der Waals surface area contributed by atoms with E-state index < -0.39 is 0 Å². The Bertz CT molecular complexity index is 763. The highest BCUT2D eigenvalue weighted by atomic mass is 19.1. The summed E-state index contributed by atoms with van der Waals surface area (Å²) in [5.74, 6) is 1.48. The molecule has 2 nitrogen and oxygen atoms in total. The van der Waals surface area contributed by atoms with Crippen molar-refractivity contribution in [3.63, 3.8) is 0 Å². The molecule has 1 saturated carbocycles. The zero-order chi connectivity index (χ0) is 21.9. The van der Waals surface area contributed by atoms with Crippen molar-refractivity contribution < 1.29 is 4.39 Å². The number of aryl methyl sites for hydroxylation is 1. The largest absolute Gasteiger partial charge is 0.240 e. The SMILES string of the molecule is CCCCCCCCCc1ccc(-c2cnc([C@H]3CC[C@H](CCC)CC3)nc2F)cc1. The Labute approximate surface area is 189 Å². The second kappa shape index (κ2) is 12.9. The second-order valence-electron chi connectivity index (χ2n) is 9.51. The number of hydrogen-bond donors (Lipinski definition) is 0. The summed E-state index contributed by atoms with van der Waals surface area (Å²) in [6.07, 6.45) is 19.3. The third-order valence-electron chi connectivity index (χ3n) is 7.00. The Kier molecular flexibility index (Phi) is 9.96. The molecule has 31 heavy (non-hydrogen) atoms. The van der Waals surface area contributed by atoms with Crippen molar-refractivity contribution in [2.45, 2.75) is 110 Å². The van der Waals surface area contributed by atoms with E-state index in [2.05, 4.69) is 35.9 Å². The van der Waals surface area contributed by atoms with Gasteiger partial charge in [0.05, 0.1) is 5.56 Å². The van der Waals surface area contributed by atoms with Gasteiger partial charge in [-0.2, -0.15) is 4.39 Å². The van der Waals surface area contributed by atoms with Gasteiger partial charge >= 0.3 is 0 Å². The van der Waals surface area contributed by atoms with Crippen LogP contribution < -0.4 is 0 Å². The molecule has 1 aromatic heterocycles. The monoisotopic (exact) mass is 424 g/mol. The van der Waals surface area contributed by atoms with E-state index in [0.29, 0.717) is 17.3 Å². The van der Waals surface area contributed by atoms with Crippen LogP contribution in [0.2, 0.25) is 0 Å². The summed E-state index contributed by atoms with van der Waals surface area (Å²) in [5.41, 5.74) is 2.73. The average Bonchev–Trinajstić information content (AvgIpc) is 2.80. The molecule has 0 spiro atoms. The predicted molar refractivity (Wildman–Crippen MR) is 129 cm³/mol. The second-order valence-corrected chi connectivity index (χ2v) is 9.51. The molecule has 170 valence electrons. The number of halogens is 1. The van der Waals surface area contributed by atoms with Crippen molar-refractivity contribution in [3.05, 3.63) is 47.8 Å². The minimum atomic E-state index is -0.375. The molecule has 0 N–H and O–H groups in total. The van der Waals surface area contributed by atoms with Gasteiger partial charge in [-0.1, -0.05) is 89.5 Å². The van der Waals surface area contributed by atoms with E-state index in [4.69, 9.17) is 0 Å². The maximum absolute atomic E-state index is 14.8. The topological polar surface area (TPSA) is 25.8 Å². The lowest BCUT2D eigenvalue weighted by atomic mass is 9.80. The minimum Gasteiger partial charge on any atom is -0.240 e. The zero-order valence-electron chi connectivity index (χ0n) is 19.7. The first-order valence-corrected chi connectivity index (χ1v) is 12.8. The van der Waals surface area contributed by atoms with Gasteiger partial charge in [0.1, 0.15) is 5.82 Å². The van der Waals surface area contributed by atoms with Gasteiger partial charge < -0.3 is 0 Å². The number of benzene rings is 1. The Hall–Kier alpha value is -1.77. The maximum atomic E-state index is 14.8. The summed E-state index contributed by atoms with van der Waals surface area (Å²) in [6.45, 7) is 4.51. The highest BCUT2D eigenvalue weighted by Gasteiger charge is 2.24. The molecule has 1 aliphatic carbocycles. The van der Waals surface area contributed by atoms with Crippen LogP contribution in [0.25, 0.3) is 11.1 Å². The van der Waals surface area contributed by atoms with Crippen molar-refractivity contribution in [3.8, 4) is 11.1 Å². The van der Waals surface area contributed by atoms with Gasteiger partial charge in [-0.25, -0.2) is 9.97 Å². The van der Waals surface area contributed by atoms with E-state index in [1.807, 2.05) is 12.1 Å². The van der Waals surface area contributed by atoms with Gasteiger partial charge in [0.15, 0.2) is 0 Å². The molecule has 0 bridgehead atoms. The van der Waals surface area contributed by atoms with Crippen molar-refractivity contribution in [1.82, 2.24) is 9.97 Å². The first-order valence-electron chi connectivity index (χ1n) is 12.8. The van der Waals surface area contributed by atoms with Crippen LogP contribution in [-0.4, -0.2) is 9.97 Å². The van der Waals surface area contributed by atoms with E-state index >= 15 is 0 Å². The van der Waals surface area contributed by atoms with E-state index in [9.17, 15) is 4.39 Å². The van der Waals surface area contributed by atoms with E-state index in [0.717, 1.165) is 30.7 Å². The molecule has 1 aliphatic rings. The highest BCUT2D eigenvalue weighted by Crippen LogP contribution is 2.36. The molecule has 0 radical (unpaired) electrons. The molecule has 1 heterocycles. The maximum Gasteiger partial charge on any atom is 0.224 e. The smallest absolute Gasteiger partial charge is 0.224 e. The molecular weight excluding hydrogens is 383 g/mol. The molecule has 1 fully saturated rings. The molecule has 0 unspecified atom stereocenters. The molecule has 0 saturated heterocycles. The van der Waals surface area contributed by atoms with Crippen LogP contribution in [-0.2, 0) is 6.42 Å². The van der Waals surface area contributed by atoms with E-state index in [-0.39, 0.29) is 5.95 Å². The third kappa shape index (κ3) is 7.40. The predicted octanol–water partition coefficient (Wildman–Crippen LogP) is 8.65. The van der Waals surface area contributed by atoms with Crippen LogP contribution >= 0.6 is 0 Å². The number of nitrogens with zero attached hydrogens (tertiary/aromatic N) is 2. The Morgan fingerprint density at radius 1 is 0.839 bits per heavy atom. The Morgan fingerprint density at radius 2 is 1.52 bits per heavy atom. The van der Waals surface area contributed by atoms with Crippen LogP contribution in [0.4, 0.5) is 4.39 Å². The standard InChI is InChI=1S/C28H41FN2/c1-3-5-6-7-8-9-10-12-23-13-17-24(18-14-23)26-21-30-28(31-27(26)29)25-19-15-22(11-4-2)16-20-25/h13-14,17-18,21-22,25H,3-12,15-16,19-20H2,1-2H3/t22-,25-. The summed E-state index contributed by atoms with van der Waals surface area (Å²) >= 11 is 0. The lowest BCUT2D eigenvalue weighted by molar-refractivity contribution is 0.301. The van der Waals surface area contributed by atoms with Crippen LogP contribution in [0.5, 0.6) is 0 Å². The van der Waals surface area contributed by atoms with Crippen molar-refractivity contribution >= 4 is 0 Å². The minimum absolute atomic E-state index is 0.320. The van der Waals surface area contributed by atoms with E-state index in [1.165, 1.54) is 76.2 Å². The van der Waals surface area contributed by atoms with Crippen molar-refractivity contribution in [2.24, 2.45) is 5.92 Å². The Morgan fingerprint density at radius 3 is 2.16 bits per heavy atom. The summed E-state index contributed by atoms with van der Waals surface area (Å²) in [5, 5.41) is 0. The third-order valence-corrected chi connectivity index (χ3v) is 7.00. The molecule has 3 rings (SSSR count). The van der Waals surface area contributed by atoms with Crippen LogP contribution in [0.1, 0.15) is 115 Å². The molecule has 0 aliphatic heterocycles. The first kappa shape index (κ1) is 23.9. The fourth-order valence-electron chi connectivity index (χ4n) is 5.02. The molecule has 0 amide bonds. The van der Waals surface area contributed by atoms with Gasteiger partial charge in [0, 0.05) is 12.1 Å². The zero-order valence-corrected chi connectivity index (χ0v) is 19.7. The van der Waals surface area contributed by atoms with Crippen LogP contribution in [0.3, 0.4) is 0 Å². The van der Waals surface area contributed by atoms with Gasteiger partial charge in [0.2, 0.25) is 5.95 Å². The van der Waals surface area contributed by atoms with E-state index in [1.54, 1.807) is 6.20 Å². The Balaban J connectivity index is 1.50. The van der Waals surface area contributed by atoms with Gasteiger partial charge in [-0.15, -0.1) is 0 Å². The highest BCUT2D eigenvalue weighted by molar-refractivity contribution is 5.62. The normalized spacial score (nSPS) is 18.9. The molecule has 2 aromatic rings. The van der Waals surface area contributed by atoms with Crippen LogP contribution in [0.15, 0.2) is 30.5 Å². The summed E-state index contributed by atoms with van der Waals surface area (Å²) in [6, 6.07) is 8.31. The summed E-state index contributed by atoms with van der Waals surface area (Å²) < 4.78 is 14.8. The van der Waals surface area contributed by atoms with Crippen molar-refractivity contribution in [1.29, 1.82) is 0 Å². The molecule has 1 aromatic carbocycles. The number of hydrogen-bond acceptors (Lipinski definition) is 2. The van der Waals surface area contributed by atoms with Gasteiger partial charge in [-0.3, -0.25) is 0 Å². The molecule has 3 heteroatoms. The quantitative estimate of drug-likeness (QED) is 0.252. The number of unbranched alkanes of at least 4 members (excludes halogenated alkanes) is 6. The first-order chi connectivity index (χ1) is 15.2. The van der Waals surface area contributed by atoms with Gasteiger partial charge in [-0.05, 0) is 55.6 Å². The average molecular weight is 425 g/mol. The summed E-state index contributed by atoms with van der Waals surface area (Å²) in [4.78, 5) is 8.85. The summed E-state index contributed by atoms with van der Waals surface area (Å²) in [7, 11) is 0. The lowest BCUT2D eigenvalue weighted by Crippen LogP contribution is -2.16. The van der Waals surface area contributed by atoms with Gasteiger partial charge in [0.25, 0.3) is 0 Å².